The Kier molecular flexibility index (Phi) is 6.03. The van der Waals surface area contributed by atoms with Gasteiger partial charge in [-0.3, -0.25) is 9.36 Å². The van der Waals surface area contributed by atoms with Crippen molar-refractivity contribution < 1.29 is 0 Å². The second kappa shape index (κ2) is 8.74. The van der Waals surface area contributed by atoms with Gasteiger partial charge in [-0.15, -0.1) is 12.4 Å². The highest BCUT2D eigenvalue weighted by Crippen LogP contribution is 2.33. The minimum absolute atomic E-state index is 0. The number of benzene rings is 1. The van der Waals surface area contributed by atoms with Crippen molar-refractivity contribution in [2.45, 2.75) is 44.8 Å². The summed E-state index contributed by atoms with van der Waals surface area (Å²) in [5.41, 5.74) is 8.77. The Morgan fingerprint density at radius 1 is 1.19 bits per heavy atom. The Bertz CT molecular complexity index is 1170. The van der Waals surface area contributed by atoms with Gasteiger partial charge in [0.05, 0.1) is 6.33 Å². The predicted molar refractivity (Wildman–Crippen MR) is 124 cm³/mol. The van der Waals surface area contributed by atoms with Gasteiger partial charge in [0, 0.05) is 32.2 Å². The molecule has 0 amide bonds. The van der Waals surface area contributed by atoms with Gasteiger partial charge >= 0.3 is 0 Å². The maximum absolute atomic E-state index is 13.5. The van der Waals surface area contributed by atoms with E-state index in [0.717, 1.165) is 43.6 Å². The first-order valence-corrected chi connectivity index (χ1v) is 10.7. The molecular formula is C23H27ClN6O. The molecule has 0 bridgehead atoms. The Morgan fingerprint density at radius 2 is 1.97 bits per heavy atom. The van der Waals surface area contributed by atoms with E-state index in [1.165, 1.54) is 0 Å². The minimum atomic E-state index is -0.0631. The normalized spacial score (nSPS) is 18.6. The van der Waals surface area contributed by atoms with Crippen LogP contribution in [0.4, 0.5) is 5.82 Å². The molecule has 162 valence electrons. The molecule has 3 heterocycles. The maximum Gasteiger partial charge on any atom is 0.277 e. The van der Waals surface area contributed by atoms with E-state index in [1.807, 2.05) is 34.9 Å². The molecule has 1 aliphatic carbocycles. The molecular weight excluding hydrogens is 412 g/mol. The lowest BCUT2D eigenvalue weighted by atomic mass is 10.1. The quantitative estimate of drug-likeness (QED) is 0.661. The molecule has 3 aromatic rings. The molecule has 1 unspecified atom stereocenters. The van der Waals surface area contributed by atoms with Crippen molar-refractivity contribution in [3.8, 4) is 6.07 Å². The van der Waals surface area contributed by atoms with Crippen molar-refractivity contribution >= 4 is 29.3 Å². The summed E-state index contributed by atoms with van der Waals surface area (Å²) in [7, 11) is 0. The number of nitrogens with zero attached hydrogens (tertiary/aromatic N) is 5. The summed E-state index contributed by atoms with van der Waals surface area (Å²) in [6.45, 7) is 2.72. The molecule has 2 N–H and O–H groups in total. The number of nitriles is 1. The zero-order valence-electron chi connectivity index (χ0n) is 17.4. The molecule has 1 saturated carbocycles. The van der Waals surface area contributed by atoms with Crippen LogP contribution in [0.15, 0.2) is 41.5 Å². The van der Waals surface area contributed by atoms with Crippen LogP contribution >= 0.6 is 12.4 Å². The number of nitrogens with two attached hydrogens (primary N) is 1. The summed E-state index contributed by atoms with van der Waals surface area (Å²) in [5, 5.41) is 10.0. The maximum atomic E-state index is 13.5. The smallest absolute Gasteiger partial charge is 0.277 e. The van der Waals surface area contributed by atoms with Gasteiger partial charge in [0.15, 0.2) is 0 Å². The molecule has 31 heavy (non-hydrogen) atoms. The third-order valence-electron chi connectivity index (χ3n) is 6.20. The Labute approximate surface area is 187 Å². The molecule has 1 aromatic carbocycles. The van der Waals surface area contributed by atoms with Crippen molar-refractivity contribution in [3.05, 3.63) is 58.1 Å². The Morgan fingerprint density at radius 3 is 2.65 bits per heavy atom. The predicted octanol–water partition coefficient (Wildman–Crippen LogP) is 2.88. The van der Waals surface area contributed by atoms with Crippen LogP contribution in [0.5, 0.6) is 0 Å². The van der Waals surface area contributed by atoms with Crippen LogP contribution in [0.25, 0.3) is 11.0 Å². The van der Waals surface area contributed by atoms with Crippen molar-refractivity contribution in [3.63, 3.8) is 0 Å². The third kappa shape index (κ3) is 4.06. The molecule has 5 rings (SSSR count). The minimum Gasteiger partial charge on any atom is -0.355 e. The van der Waals surface area contributed by atoms with E-state index in [0.29, 0.717) is 42.1 Å². The molecule has 0 radical (unpaired) electrons. The number of hydrogen-bond donors (Lipinski definition) is 1. The van der Waals surface area contributed by atoms with Crippen LogP contribution in [0.1, 0.15) is 36.8 Å². The number of aromatic nitrogens is 3. The fraction of sp³-hybridized carbons (Fsp3) is 0.435. The van der Waals surface area contributed by atoms with Gasteiger partial charge in [-0.2, -0.15) is 5.26 Å². The van der Waals surface area contributed by atoms with E-state index in [-0.39, 0.29) is 24.0 Å². The highest BCUT2D eigenvalue weighted by molar-refractivity contribution is 5.89. The number of piperidine rings is 1. The standard InChI is InChI=1S/C23H26N6O.ClH/c24-11-19-20-21(23(30)28(15-26-20)12-17-8-9-17)29(13-16-5-2-1-3-6-16)22(19)27-10-4-7-18(25)14-27;/h1-3,5-6,15,17-18H,4,7-10,12-14,25H2;1H. The molecule has 1 aliphatic heterocycles. The number of halogens is 1. The van der Waals surface area contributed by atoms with Gasteiger partial charge in [-0.05, 0) is 37.2 Å². The SMILES string of the molecule is Cl.N#Cc1c(N2CCCC(N)C2)n(Cc2ccccc2)c2c(=O)n(CC3CC3)cnc12. The van der Waals surface area contributed by atoms with Crippen LogP contribution < -0.4 is 16.2 Å². The van der Waals surface area contributed by atoms with E-state index < -0.39 is 0 Å². The summed E-state index contributed by atoms with van der Waals surface area (Å²) >= 11 is 0. The van der Waals surface area contributed by atoms with Gasteiger partial charge in [-0.1, -0.05) is 30.3 Å². The van der Waals surface area contributed by atoms with E-state index in [2.05, 4.69) is 16.0 Å². The summed E-state index contributed by atoms with van der Waals surface area (Å²) in [6, 6.07) is 12.5. The first kappa shape index (κ1) is 21.4. The number of fused-ring (bicyclic) bond motifs is 1. The molecule has 2 aliphatic rings. The average molecular weight is 439 g/mol. The van der Waals surface area contributed by atoms with E-state index in [9.17, 15) is 10.1 Å². The van der Waals surface area contributed by atoms with Gasteiger partial charge in [0.2, 0.25) is 0 Å². The molecule has 1 atom stereocenters. The monoisotopic (exact) mass is 438 g/mol. The molecule has 2 aromatic heterocycles. The molecule has 0 spiro atoms. The van der Waals surface area contributed by atoms with Crippen LogP contribution in [-0.4, -0.2) is 33.2 Å². The third-order valence-corrected chi connectivity index (χ3v) is 6.20. The lowest BCUT2D eigenvalue weighted by Gasteiger charge is -2.33. The number of rotatable bonds is 5. The second-order valence-electron chi connectivity index (χ2n) is 8.57. The topological polar surface area (TPSA) is 92.9 Å². The fourth-order valence-electron chi connectivity index (χ4n) is 4.51. The summed E-state index contributed by atoms with van der Waals surface area (Å²) in [6.07, 6.45) is 5.89. The molecule has 2 fully saturated rings. The molecule has 8 heteroatoms. The van der Waals surface area contributed by atoms with Gasteiger partial charge in [0.1, 0.15) is 28.5 Å². The van der Waals surface area contributed by atoms with E-state index in [1.54, 1.807) is 10.9 Å². The van der Waals surface area contributed by atoms with Crippen molar-refractivity contribution in [2.24, 2.45) is 11.7 Å². The molecule has 1 saturated heterocycles. The average Bonchev–Trinajstić information content (AvgIpc) is 3.51. The van der Waals surface area contributed by atoms with E-state index in [4.69, 9.17) is 5.73 Å². The van der Waals surface area contributed by atoms with Gasteiger partial charge in [-0.25, -0.2) is 4.98 Å². The lowest BCUT2D eigenvalue weighted by molar-refractivity contribution is 0.498. The van der Waals surface area contributed by atoms with Crippen LogP contribution in [0, 0.1) is 17.2 Å². The second-order valence-corrected chi connectivity index (χ2v) is 8.57. The lowest BCUT2D eigenvalue weighted by Crippen LogP contribution is -2.44. The van der Waals surface area contributed by atoms with Crippen LogP contribution in [0.2, 0.25) is 0 Å². The highest BCUT2D eigenvalue weighted by Gasteiger charge is 2.29. The van der Waals surface area contributed by atoms with Gasteiger partial charge < -0.3 is 15.2 Å². The van der Waals surface area contributed by atoms with Crippen LogP contribution in [0.3, 0.4) is 0 Å². The summed E-state index contributed by atoms with van der Waals surface area (Å²) in [4.78, 5) is 20.2. The van der Waals surface area contributed by atoms with Crippen LogP contribution in [-0.2, 0) is 13.1 Å². The first-order chi connectivity index (χ1) is 14.7. The zero-order valence-corrected chi connectivity index (χ0v) is 18.2. The molecule has 7 nitrogen and oxygen atoms in total. The Hall–Kier alpha value is -2.82. The van der Waals surface area contributed by atoms with Crippen molar-refractivity contribution in [1.29, 1.82) is 5.26 Å². The number of anilines is 1. The first-order valence-electron chi connectivity index (χ1n) is 10.7. The fourth-order valence-corrected chi connectivity index (χ4v) is 4.51. The van der Waals surface area contributed by atoms with Crippen molar-refractivity contribution in [2.75, 3.05) is 18.0 Å². The van der Waals surface area contributed by atoms with Crippen molar-refractivity contribution in [1.82, 2.24) is 14.1 Å². The number of hydrogen-bond acceptors (Lipinski definition) is 5. The summed E-state index contributed by atoms with van der Waals surface area (Å²) in [5.74, 6) is 1.34. The largest absolute Gasteiger partial charge is 0.355 e. The summed E-state index contributed by atoms with van der Waals surface area (Å²) < 4.78 is 3.72. The van der Waals surface area contributed by atoms with Gasteiger partial charge in [0.25, 0.3) is 5.56 Å². The Balaban J connectivity index is 0.00000231. The van der Waals surface area contributed by atoms with E-state index >= 15 is 0 Å². The zero-order chi connectivity index (χ0) is 20.7. The highest BCUT2D eigenvalue weighted by atomic mass is 35.5.